The number of nitrogens with one attached hydrogen (secondary N) is 1. The Morgan fingerprint density at radius 3 is 2.68 bits per heavy atom. The van der Waals surface area contributed by atoms with Crippen LogP contribution in [0, 0.1) is 6.92 Å². The van der Waals surface area contributed by atoms with Crippen LogP contribution in [-0.2, 0) is 23.6 Å². The summed E-state index contributed by atoms with van der Waals surface area (Å²) in [7, 11) is -1.72. The first kappa shape index (κ1) is 14.2. The van der Waals surface area contributed by atoms with Gasteiger partial charge in [0.2, 0.25) is 10.0 Å². The molecule has 19 heavy (non-hydrogen) atoms. The third-order valence-corrected chi connectivity index (χ3v) is 4.39. The average Bonchev–Trinajstić information content (AvgIpc) is 2.71. The fourth-order valence-corrected chi connectivity index (χ4v) is 3.59. The molecule has 0 unspecified atom stereocenters. The van der Waals surface area contributed by atoms with Crippen molar-refractivity contribution in [1.82, 2.24) is 14.5 Å². The molecule has 0 bridgehead atoms. The van der Waals surface area contributed by atoms with Crippen LogP contribution in [0.3, 0.4) is 0 Å². The van der Waals surface area contributed by atoms with Crippen LogP contribution in [-0.4, -0.2) is 18.2 Å². The highest BCUT2D eigenvalue weighted by molar-refractivity contribution is 9.10. The van der Waals surface area contributed by atoms with Gasteiger partial charge in [-0.15, -0.1) is 0 Å². The van der Waals surface area contributed by atoms with Gasteiger partial charge in [0.15, 0.2) is 0 Å². The van der Waals surface area contributed by atoms with Gasteiger partial charge in [0, 0.05) is 29.8 Å². The number of hydrogen-bond acceptors (Lipinski definition) is 3. The van der Waals surface area contributed by atoms with E-state index in [1.165, 1.54) is 0 Å². The zero-order valence-corrected chi connectivity index (χ0v) is 13.0. The molecule has 1 N–H and O–H groups in total. The number of hydrogen-bond donors (Lipinski definition) is 1. The van der Waals surface area contributed by atoms with E-state index in [2.05, 4.69) is 25.8 Å². The Morgan fingerprint density at radius 1 is 1.37 bits per heavy atom. The molecule has 0 saturated heterocycles. The molecule has 0 saturated carbocycles. The Balaban J connectivity index is 2.18. The number of rotatable bonds is 4. The minimum Gasteiger partial charge on any atom is -0.275 e. The van der Waals surface area contributed by atoms with E-state index < -0.39 is 10.0 Å². The van der Waals surface area contributed by atoms with E-state index in [0.29, 0.717) is 0 Å². The second-order valence-corrected chi connectivity index (χ2v) is 6.99. The van der Waals surface area contributed by atoms with Gasteiger partial charge in [-0.05, 0) is 30.7 Å². The molecule has 0 aliphatic carbocycles. The second-order valence-electron chi connectivity index (χ2n) is 4.31. The predicted octanol–water partition coefficient (Wildman–Crippen LogP) is 1.97. The maximum Gasteiger partial charge on any atom is 0.240 e. The van der Waals surface area contributed by atoms with E-state index in [0.717, 1.165) is 15.6 Å². The summed E-state index contributed by atoms with van der Waals surface area (Å²) in [5, 5.41) is 3.99. The molecular weight excluding hydrogens is 330 g/mol. The molecule has 102 valence electrons. The van der Waals surface area contributed by atoms with Crippen LogP contribution >= 0.6 is 15.9 Å². The van der Waals surface area contributed by atoms with Crippen LogP contribution in [0.4, 0.5) is 0 Å². The highest BCUT2D eigenvalue weighted by Gasteiger charge is 2.15. The fraction of sp³-hybridized carbons (Fsp3) is 0.250. The van der Waals surface area contributed by atoms with Crippen molar-refractivity contribution in [2.75, 3.05) is 0 Å². The van der Waals surface area contributed by atoms with E-state index in [9.17, 15) is 8.42 Å². The first-order valence-electron chi connectivity index (χ1n) is 5.61. The van der Waals surface area contributed by atoms with Gasteiger partial charge in [0.05, 0.1) is 11.1 Å². The lowest BCUT2D eigenvalue weighted by atomic mass is 10.2. The van der Waals surface area contributed by atoms with E-state index in [1.807, 2.05) is 13.0 Å². The lowest BCUT2D eigenvalue weighted by Gasteiger charge is -2.07. The van der Waals surface area contributed by atoms with Crippen molar-refractivity contribution in [3.05, 3.63) is 46.2 Å². The van der Waals surface area contributed by atoms with Gasteiger partial charge in [-0.1, -0.05) is 15.9 Å². The Hall–Kier alpha value is -1.18. The van der Waals surface area contributed by atoms with E-state index >= 15 is 0 Å². The largest absolute Gasteiger partial charge is 0.275 e. The summed E-state index contributed by atoms with van der Waals surface area (Å²) in [6.45, 7) is 2.08. The summed E-state index contributed by atoms with van der Waals surface area (Å²) in [6, 6.07) is 5.08. The van der Waals surface area contributed by atoms with Crippen molar-refractivity contribution in [3.8, 4) is 0 Å². The van der Waals surface area contributed by atoms with Crippen molar-refractivity contribution in [2.45, 2.75) is 18.4 Å². The maximum absolute atomic E-state index is 12.2. The summed E-state index contributed by atoms with van der Waals surface area (Å²) in [5.41, 5.74) is 1.70. The Bertz CT molecular complexity index is 675. The first-order chi connectivity index (χ1) is 8.87. The summed E-state index contributed by atoms with van der Waals surface area (Å²) in [6.07, 6.45) is 3.41. The molecule has 1 heterocycles. The normalized spacial score (nSPS) is 11.7. The van der Waals surface area contributed by atoms with E-state index in [-0.39, 0.29) is 11.4 Å². The number of benzene rings is 1. The van der Waals surface area contributed by atoms with Crippen molar-refractivity contribution >= 4 is 26.0 Å². The molecule has 0 spiro atoms. The molecule has 2 rings (SSSR count). The monoisotopic (exact) mass is 343 g/mol. The van der Waals surface area contributed by atoms with Crippen molar-refractivity contribution in [2.24, 2.45) is 7.05 Å². The molecule has 0 radical (unpaired) electrons. The lowest BCUT2D eigenvalue weighted by Crippen LogP contribution is -2.23. The van der Waals surface area contributed by atoms with Gasteiger partial charge < -0.3 is 0 Å². The van der Waals surface area contributed by atoms with Gasteiger partial charge in [0.25, 0.3) is 0 Å². The number of nitrogens with zero attached hydrogens (tertiary/aromatic N) is 2. The van der Waals surface area contributed by atoms with Gasteiger partial charge in [-0.3, -0.25) is 4.68 Å². The second kappa shape index (κ2) is 5.44. The van der Waals surface area contributed by atoms with E-state index in [4.69, 9.17) is 0 Å². The zero-order chi connectivity index (χ0) is 14.0. The average molecular weight is 344 g/mol. The molecule has 2 aromatic rings. The van der Waals surface area contributed by atoms with Crippen molar-refractivity contribution in [1.29, 1.82) is 0 Å². The van der Waals surface area contributed by atoms with Crippen LogP contribution in [0.2, 0.25) is 0 Å². The lowest BCUT2D eigenvalue weighted by molar-refractivity contribution is 0.581. The molecule has 7 heteroatoms. The third kappa shape index (κ3) is 3.65. The quantitative estimate of drug-likeness (QED) is 0.922. The highest BCUT2D eigenvalue weighted by Crippen LogP contribution is 2.19. The van der Waals surface area contributed by atoms with Crippen molar-refractivity contribution in [3.63, 3.8) is 0 Å². The third-order valence-electron chi connectivity index (χ3n) is 2.55. The smallest absolute Gasteiger partial charge is 0.240 e. The summed E-state index contributed by atoms with van der Waals surface area (Å²) < 4.78 is 29.2. The van der Waals surface area contributed by atoms with Crippen LogP contribution in [0.15, 0.2) is 40.0 Å². The summed E-state index contributed by atoms with van der Waals surface area (Å²) in [5.74, 6) is 0. The SMILES string of the molecule is Cc1cc(Br)cc(S(=O)(=O)NCc2cnn(C)c2)c1. The van der Waals surface area contributed by atoms with Gasteiger partial charge in [-0.2, -0.15) is 5.10 Å². The number of aromatic nitrogens is 2. The molecule has 1 aromatic carbocycles. The van der Waals surface area contributed by atoms with Crippen molar-refractivity contribution < 1.29 is 8.42 Å². The topological polar surface area (TPSA) is 64.0 Å². The van der Waals surface area contributed by atoms with Crippen LogP contribution in [0.1, 0.15) is 11.1 Å². The highest BCUT2D eigenvalue weighted by atomic mass is 79.9. The summed E-state index contributed by atoms with van der Waals surface area (Å²) in [4.78, 5) is 0.253. The Morgan fingerprint density at radius 2 is 2.11 bits per heavy atom. The molecule has 0 aliphatic heterocycles. The Kier molecular flexibility index (Phi) is 4.07. The molecule has 0 aliphatic rings. The van der Waals surface area contributed by atoms with Crippen LogP contribution in [0.25, 0.3) is 0 Å². The van der Waals surface area contributed by atoms with Gasteiger partial charge >= 0.3 is 0 Å². The molecule has 5 nitrogen and oxygen atoms in total. The number of halogens is 1. The van der Waals surface area contributed by atoms with Crippen LogP contribution < -0.4 is 4.72 Å². The minimum atomic E-state index is -3.51. The minimum absolute atomic E-state index is 0.224. The van der Waals surface area contributed by atoms with Gasteiger partial charge in [0.1, 0.15) is 0 Å². The molecule has 0 fully saturated rings. The molecule has 0 amide bonds. The zero-order valence-electron chi connectivity index (χ0n) is 10.6. The fourth-order valence-electron chi connectivity index (χ4n) is 1.68. The maximum atomic E-state index is 12.2. The van der Waals surface area contributed by atoms with Crippen LogP contribution in [0.5, 0.6) is 0 Å². The standard InChI is InChI=1S/C12H14BrN3O2S/c1-9-3-11(13)5-12(4-9)19(17,18)15-7-10-6-14-16(2)8-10/h3-6,8,15H,7H2,1-2H3. The number of aryl methyl sites for hydroxylation is 2. The molecule has 1 aromatic heterocycles. The molecule has 0 atom stereocenters. The number of sulfonamides is 1. The van der Waals surface area contributed by atoms with Gasteiger partial charge in [-0.25, -0.2) is 13.1 Å². The Labute approximate surface area is 120 Å². The van der Waals surface area contributed by atoms with E-state index in [1.54, 1.807) is 36.3 Å². The predicted molar refractivity (Wildman–Crippen MR) is 76.1 cm³/mol. The molecular formula is C12H14BrN3O2S. The summed E-state index contributed by atoms with van der Waals surface area (Å²) >= 11 is 3.30. The first-order valence-corrected chi connectivity index (χ1v) is 7.89.